The van der Waals surface area contributed by atoms with E-state index in [0.717, 1.165) is 0 Å². The molecule has 8 nitrogen and oxygen atoms in total. The summed E-state index contributed by atoms with van der Waals surface area (Å²) in [5.41, 5.74) is 0.00281. The number of carbonyl (C=O) groups excluding carboxylic acids is 3. The maximum absolute atomic E-state index is 12.6. The van der Waals surface area contributed by atoms with Crippen LogP contribution in [0.2, 0.25) is 0 Å². The van der Waals surface area contributed by atoms with Crippen LogP contribution in [0.1, 0.15) is 47.0 Å². The van der Waals surface area contributed by atoms with Crippen LogP contribution in [0.4, 0.5) is 0 Å². The van der Waals surface area contributed by atoms with Gasteiger partial charge < -0.3 is 24.1 Å². The summed E-state index contributed by atoms with van der Waals surface area (Å²) >= 11 is 0. The van der Waals surface area contributed by atoms with Gasteiger partial charge in [0.25, 0.3) is 0 Å². The molecular weight excluding hydrogens is 392 g/mol. The number of epoxide rings is 1. The van der Waals surface area contributed by atoms with Crippen molar-refractivity contribution in [2.75, 3.05) is 6.61 Å². The second-order valence-corrected chi connectivity index (χ2v) is 8.56. The van der Waals surface area contributed by atoms with E-state index in [2.05, 4.69) is 6.58 Å². The molecule has 2 fully saturated rings. The van der Waals surface area contributed by atoms with Crippen molar-refractivity contribution in [3.05, 3.63) is 23.8 Å². The first-order valence-electron chi connectivity index (χ1n) is 10.4. The molecule has 7 unspecified atom stereocenters. The van der Waals surface area contributed by atoms with Gasteiger partial charge in [0.1, 0.15) is 18.3 Å². The van der Waals surface area contributed by atoms with Crippen LogP contribution in [0.15, 0.2) is 23.8 Å². The van der Waals surface area contributed by atoms with Gasteiger partial charge in [-0.1, -0.05) is 20.4 Å². The summed E-state index contributed by atoms with van der Waals surface area (Å²) in [5.74, 6) is -2.32. The molecular formula is C22H30O8. The highest BCUT2D eigenvalue weighted by Gasteiger charge is 2.58. The molecule has 166 valence electrons. The molecule has 8 heteroatoms. The average Bonchev–Trinajstić information content (AvgIpc) is 3.21. The molecule has 1 aliphatic carbocycles. The number of hydrogen-bond acceptors (Lipinski definition) is 8. The van der Waals surface area contributed by atoms with Crippen molar-refractivity contribution in [3.8, 4) is 0 Å². The number of ether oxygens (including phenoxy) is 4. The zero-order valence-corrected chi connectivity index (χ0v) is 17.9. The molecule has 0 aromatic heterocycles. The molecule has 2 saturated heterocycles. The molecule has 0 saturated carbocycles. The highest BCUT2D eigenvalue weighted by Crippen LogP contribution is 2.48. The predicted molar refractivity (Wildman–Crippen MR) is 105 cm³/mol. The lowest BCUT2D eigenvalue weighted by Crippen LogP contribution is -2.39. The maximum Gasteiger partial charge on any atom is 0.334 e. The van der Waals surface area contributed by atoms with Crippen LogP contribution in [-0.2, 0) is 33.3 Å². The third-order valence-electron chi connectivity index (χ3n) is 6.30. The van der Waals surface area contributed by atoms with E-state index in [-0.39, 0.29) is 30.2 Å². The summed E-state index contributed by atoms with van der Waals surface area (Å²) in [4.78, 5) is 36.5. The van der Waals surface area contributed by atoms with Crippen LogP contribution in [0.3, 0.4) is 0 Å². The Kier molecular flexibility index (Phi) is 6.38. The molecule has 30 heavy (non-hydrogen) atoms. The summed E-state index contributed by atoms with van der Waals surface area (Å²) in [6, 6.07) is 0. The Hall–Kier alpha value is -2.19. The number of fused-ring (bicyclic) bond motifs is 2. The molecule has 3 aliphatic rings. The summed E-state index contributed by atoms with van der Waals surface area (Å²) in [7, 11) is 0. The fraction of sp³-hybridized carbons (Fsp3) is 0.682. The number of aliphatic hydroxyl groups excluding tert-OH is 1. The molecule has 1 N–H and O–H groups in total. The van der Waals surface area contributed by atoms with Crippen LogP contribution >= 0.6 is 0 Å². The van der Waals surface area contributed by atoms with Gasteiger partial charge in [-0.05, 0) is 25.0 Å². The fourth-order valence-electron chi connectivity index (χ4n) is 4.16. The van der Waals surface area contributed by atoms with E-state index in [0.29, 0.717) is 24.8 Å². The van der Waals surface area contributed by atoms with E-state index in [1.807, 2.05) is 13.8 Å². The topological polar surface area (TPSA) is 112 Å². The van der Waals surface area contributed by atoms with E-state index in [4.69, 9.17) is 18.9 Å². The Morgan fingerprint density at radius 2 is 2.10 bits per heavy atom. The van der Waals surface area contributed by atoms with Crippen molar-refractivity contribution in [1.82, 2.24) is 0 Å². The number of rotatable bonds is 5. The van der Waals surface area contributed by atoms with Gasteiger partial charge >= 0.3 is 17.9 Å². The minimum Gasteiger partial charge on any atom is -0.461 e. The van der Waals surface area contributed by atoms with E-state index >= 15 is 0 Å². The molecule has 0 amide bonds. The van der Waals surface area contributed by atoms with Crippen molar-refractivity contribution >= 4 is 17.9 Å². The van der Waals surface area contributed by atoms with Crippen LogP contribution in [0.25, 0.3) is 0 Å². The lowest BCUT2D eigenvalue weighted by atomic mass is 9.82. The first-order chi connectivity index (χ1) is 14.1. The van der Waals surface area contributed by atoms with E-state index < -0.39 is 41.8 Å². The van der Waals surface area contributed by atoms with Crippen LogP contribution in [-0.4, -0.2) is 59.6 Å². The standard InChI is InChI=1S/C22H30O8/c1-6-11(2)20(25)29-17-9-22(5)18(30-22)8-15(27-13(4)24)14(10-23)7-16-19(17)12(3)21(26)28-16/h7,11,15-19,23H,3,6,8-10H2,1-2,4-5H3. The predicted octanol–water partition coefficient (Wildman–Crippen LogP) is 1.84. The Morgan fingerprint density at radius 1 is 1.40 bits per heavy atom. The van der Waals surface area contributed by atoms with Gasteiger partial charge in [-0.15, -0.1) is 0 Å². The Labute approximate surface area is 176 Å². The third kappa shape index (κ3) is 4.44. The van der Waals surface area contributed by atoms with E-state index in [1.165, 1.54) is 6.92 Å². The van der Waals surface area contributed by atoms with E-state index in [1.54, 1.807) is 13.0 Å². The Bertz CT molecular complexity index is 771. The van der Waals surface area contributed by atoms with Crippen molar-refractivity contribution in [3.63, 3.8) is 0 Å². The highest BCUT2D eigenvalue weighted by atomic mass is 16.6. The van der Waals surface area contributed by atoms with Crippen LogP contribution in [0.5, 0.6) is 0 Å². The normalized spacial score (nSPS) is 36.6. The quantitative estimate of drug-likeness (QED) is 0.235. The fourth-order valence-corrected chi connectivity index (χ4v) is 4.16. The first-order valence-corrected chi connectivity index (χ1v) is 10.4. The van der Waals surface area contributed by atoms with Crippen molar-refractivity contribution in [2.24, 2.45) is 11.8 Å². The SMILES string of the molecule is C=C1C(=O)OC2C=C(CO)C(OC(C)=O)CC3OC3(C)CC(OC(=O)C(C)CC)C12. The molecule has 3 rings (SSSR count). The van der Waals surface area contributed by atoms with Crippen LogP contribution in [0, 0.1) is 11.8 Å². The van der Waals surface area contributed by atoms with Crippen LogP contribution < -0.4 is 0 Å². The summed E-state index contributed by atoms with van der Waals surface area (Å²) < 4.78 is 22.6. The van der Waals surface area contributed by atoms with E-state index in [9.17, 15) is 19.5 Å². The molecule has 0 bridgehead atoms. The monoisotopic (exact) mass is 422 g/mol. The highest BCUT2D eigenvalue weighted by molar-refractivity contribution is 5.91. The van der Waals surface area contributed by atoms with Gasteiger partial charge in [-0.25, -0.2) is 4.79 Å². The van der Waals surface area contributed by atoms with Crippen molar-refractivity contribution in [2.45, 2.75) is 77.0 Å². The Morgan fingerprint density at radius 3 is 2.70 bits per heavy atom. The number of esters is 3. The summed E-state index contributed by atoms with van der Waals surface area (Å²) in [5, 5.41) is 9.94. The lowest BCUT2D eigenvalue weighted by Gasteiger charge is -2.30. The first kappa shape index (κ1) is 22.5. The summed E-state index contributed by atoms with van der Waals surface area (Å²) in [6.45, 7) is 10.4. The summed E-state index contributed by atoms with van der Waals surface area (Å²) in [6.07, 6.45) is 0.503. The van der Waals surface area contributed by atoms with Gasteiger partial charge in [0.15, 0.2) is 0 Å². The van der Waals surface area contributed by atoms with Gasteiger partial charge in [-0.3, -0.25) is 9.59 Å². The molecule has 0 aromatic rings. The second kappa shape index (κ2) is 8.51. The minimum atomic E-state index is -0.793. The van der Waals surface area contributed by atoms with Gasteiger partial charge in [0.05, 0.1) is 30.1 Å². The third-order valence-corrected chi connectivity index (χ3v) is 6.30. The second-order valence-electron chi connectivity index (χ2n) is 8.56. The number of aliphatic hydroxyl groups is 1. The molecule has 2 heterocycles. The molecule has 7 atom stereocenters. The lowest BCUT2D eigenvalue weighted by molar-refractivity contribution is -0.158. The zero-order chi connectivity index (χ0) is 22.2. The smallest absolute Gasteiger partial charge is 0.334 e. The zero-order valence-electron chi connectivity index (χ0n) is 17.9. The van der Waals surface area contributed by atoms with Crippen molar-refractivity contribution in [1.29, 1.82) is 0 Å². The van der Waals surface area contributed by atoms with Gasteiger partial charge in [0.2, 0.25) is 0 Å². The van der Waals surface area contributed by atoms with Gasteiger partial charge in [-0.2, -0.15) is 0 Å². The minimum absolute atomic E-state index is 0.209. The van der Waals surface area contributed by atoms with Crippen molar-refractivity contribution < 1.29 is 38.4 Å². The maximum atomic E-state index is 12.6. The number of carbonyl (C=O) groups is 3. The van der Waals surface area contributed by atoms with Gasteiger partial charge in [0, 0.05) is 25.3 Å². The number of hydrogen-bond donors (Lipinski definition) is 1. The molecule has 0 spiro atoms. The average molecular weight is 422 g/mol. The Balaban J connectivity index is 2.00. The molecule has 0 radical (unpaired) electrons. The molecule has 0 aromatic carbocycles. The largest absolute Gasteiger partial charge is 0.461 e. The molecule has 2 aliphatic heterocycles.